The molecule has 1 aliphatic rings. The van der Waals surface area contributed by atoms with Crippen LogP contribution in [0.2, 0.25) is 0 Å². The van der Waals surface area contributed by atoms with Crippen LogP contribution in [0.25, 0.3) is 6.08 Å². The molecule has 0 N–H and O–H groups in total. The Morgan fingerprint density at radius 2 is 2.00 bits per heavy atom. The number of amides is 1. The first kappa shape index (κ1) is 16.8. The molecule has 0 unspecified atom stereocenters. The minimum atomic E-state index is -0.0155. The van der Waals surface area contributed by atoms with Crippen LogP contribution in [-0.4, -0.2) is 35.9 Å². The number of nitrogens with zero attached hydrogens (tertiary/aromatic N) is 1. The summed E-state index contributed by atoms with van der Waals surface area (Å²) in [6.45, 7) is 2.78. The van der Waals surface area contributed by atoms with Crippen LogP contribution in [-0.2, 0) is 4.79 Å². The number of unbranched alkanes of at least 4 members (excludes halogenated alkanes) is 1. The third-order valence-electron chi connectivity index (χ3n) is 3.31. The Bertz CT molecular complexity index is 613. The Hall–Kier alpha value is -1.53. The second-order valence-electron chi connectivity index (χ2n) is 4.80. The number of rotatable bonds is 6. The molecule has 1 aromatic carbocycles. The van der Waals surface area contributed by atoms with Crippen molar-refractivity contribution in [3.05, 3.63) is 28.7 Å². The summed E-state index contributed by atoms with van der Waals surface area (Å²) in [7, 11) is 3.18. The third-order valence-corrected chi connectivity index (χ3v) is 4.69. The van der Waals surface area contributed by atoms with Crippen molar-refractivity contribution in [2.75, 3.05) is 20.8 Å². The highest BCUT2D eigenvalue weighted by molar-refractivity contribution is 8.26. The molecule has 0 bridgehead atoms. The molecule has 22 heavy (non-hydrogen) atoms. The highest BCUT2D eigenvalue weighted by atomic mass is 32.2. The van der Waals surface area contributed by atoms with Crippen molar-refractivity contribution in [2.24, 2.45) is 0 Å². The van der Waals surface area contributed by atoms with Gasteiger partial charge in [0.1, 0.15) is 4.32 Å². The van der Waals surface area contributed by atoms with Gasteiger partial charge in [-0.3, -0.25) is 9.69 Å². The van der Waals surface area contributed by atoms with E-state index < -0.39 is 0 Å². The van der Waals surface area contributed by atoms with Gasteiger partial charge in [-0.05, 0) is 30.2 Å². The first-order valence-electron chi connectivity index (χ1n) is 7.08. The van der Waals surface area contributed by atoms with Gasteiger partial charge in [0.25, 0.3) is 5.91 Å². The minimum absolute atomic E-state index is 0.0155. The SMILES string of the molecule is CCCCN1C(=O)/C(=C\c2ccc(OC)c(OC)c2)SC1=S. The number of benzene rings is 1. The molecule has 1 heterocycles. The smallest absolute Gasteiger partial charge is 0.266 e. The maximum atomic E-state index is 12.4. The van der Waals surface area contributed by atoms with Crippen LogP contribution in [0.3, 0.4) is 0 Å². The predicted octanol–water partition coefficient (Wildman–Crippen LogP) is 3.71. The summed E-state index contributed by atoms with van der Waals surface area (Å²) in [6.07, 6.45) is 3.83. The summed E-state index contributed by atoms with van der Waals surface area (Å²) in [4.78, 5) is 14.7. The first-order chi connectivity index (χ1) is 10.6. The van der Waals surface area contributed by atoms with Gasteiger partial charge < -0.3 is 9.47 Å². The predicted molar refractivity (Wildman–Crippen MR) is 94.3 cm³/mol. The summed E-state index contributed by atoms with van der Waals surface area (Å²) < 4.78 is 11.1. The van der Waals surface area contributed by atoms with Crippen LogP contribution in [0.5, 0.6) is 11.5 Å². The molecule has 0 aromatic heterocycles. The Kier molecular flexibility index (Phi) is 5.85. The molecule has 0 saturated carbocycles. The number of methoxy groups -OCH3 is 2. The van der Waals surface area contributed by atoms with Crippen LogP contribution < -0.4 is 9.47 Å². The van der Waals surface area contributed by atoms with E-state index in [-0.39, 0.29) is 5.91 Å². The van der Waals surface area contributed by atoms with Crippen LogP contribution in [0.15, 0.2) is 23.1 Å². The normalized spacial score (nSPS) is 16.5. The van der Waals surface area contributed by atoms with E-state index in [4.69, 9.17) is 21.7 Å². The van der Waals surface area contributed by atoms with E-state index in [2.05, 4.69) is 6.92 Å². The summed E-state index contributed by atoms with van der Waals surface area (Å²) >= 11 is 6.64. The van der Waals surface area contributed by atoms with Gasteiger partial charge in [-0.1, -0.05) is 43.4 Å². The quantitative estimate of drug-likeness (QED) is 0.584. The zero-order valence-corrected chi connectivity index (χ0v) is 14.6. The van der Waals surface area contributed by atoms with Gasteiger partial charge in [0, 0.05) is 6.54 Å². The Balaban J connectivity index is 2.23. The molecule has 0 atom stereocenters. The van der Waals surface area contributed by atoms with Gasteiger partial charge in [-0.2, -0.15) is 0 Å². The lowest BCUT2D eigenvalue weighted by molar-refractivity contribution is -0.122. The molecule has 4 nitrogen and oxygen atoms in total. The van der Waals surface area contributed by atoms with E-state index in [1.165, 1.54) is 11.8 Å². The molecule has 1 saturated heterocycles. The Morgan fingerprint density at radius 1 is 1.27 bits per heavy atom. The largest absolute Gasteiger partial charge is 0.493 e. The van der Waals surface area contributed by atoms with E-state index in [1.54, 1.807) is 19.1 Å². The second kappa shape index (κ2) is 7.65. The number of hydrogen-bond acceptors (Lipinski definition) is 5. The maximum Gasteiger partial charge on any atom is 0.266 e. The second-order valence-corrected chi connectivity index (χ2v) is 6.48. The van der Waals surface area contributed by atoms with Gasteiger partial charge in [0.2, 0.25) is 0 Å². The van der Waals surface area contributed by atoms with E-state index in [0.717, 1.165) is 18.4 Å². The fourth-order valence-corrected chi connectivity index (χ4v) is 3.41. The van der Waals surface area contributed by atoms with Gasteiger partial charge in [-0.25, -0.2) is 0 Å². The zero-order chi connectivity index (χ0) is 16.1. The van der Waals surface area contributed by atoms with Gasteiger partial charge in [0.05, 0.1) is 19.1 Å². The Morgan fingerprint density at radius 3 is 2.64 bits per heavy atom. The lowest BCUT2D eigenvalue weighted by Crippen LogP contribution is -2.28. The number of thiocarbonyl (C=S) groups is 1. The standard InChI is InChI=1S/C16H19NO3S2/c1-4-5-8-17-15(18)14(22-16(17)21)10-11-6-7-12(19-2)13(9-11)20-3/h6-7,9-10H,4-5,8H2,1-3H3/b14-10+. The van der Waals surface area contributed by atoms with Crippen molar-refractivity contribution in [2.45, 2.75) is 19.8 Å². The van der Waals surface area contributed by atoms with Crippen molar-refractivity contribution in [1.29, 1.82) is 0 Å². The molecule has 118 valence electrons. The molecule has 1 aromatic rings. The van der Waals surface area contributed by atoms with Crippen molar-refractivity contribution in [3.8, 4) is 11.5 Å². The fourth-order valence-electron chi connectivity index (χ4n) is 2.10. The molecule has 6 heteroatoms. The van der Waals surface area contributed by atoms with Crippen LogP contribution in [0.4, 0.5) is 0 Å². The van der Waals surface area contributed by atoms with Crippen molar-refractivity contribution >= 4 is 40.3 Å². The molecular formula is C16H19NO3S2. The maximum absolute atomic E-state index is 12.4. The molecule has 1 aliphatic heterocycles. The summed E-state index contributed by atoms with van der Waals surface area (Å²) in [5.74, 6) is 1.28. The fraction of sp³-hybridized carbons (Fsp3) is 0.375. The molecule has 2 rings (SSSR count). The summed E-state index contributed by atoms with van der Waals surface area (Å²) in [6, 6.07) is 5.56. The number of thioether (sulfide) groups is 1. The average Bonchev–Trinajstić information content (AvgIpc) is 2.79. The van der Waals surface area contributed by atoms with Crippen molar-refractivity contribution < 1.29 is 14.3 Å². The number of carbonyl (C=O) groups excluding carboxylic acids is 1. The highest BCUT2D eigenvalue weighted by Crippen LogP contribution is 2.34. The van der Waals surface area contributed by atoms with E-state index in [0.29, 0.717) is 27.3 Å². The van der Waals surface area contributed by atoms with Gasteiger partial charge in [0.15, 0.2) is 11.5 Å². The third kappa shape index (κ3) is 3.62. The zero-order valence-electron chi connectivity index (χ0n) is 12.9. The van der Waals surface area contributed by atoms with Crippen LogP contribution in [0, 0.1) is 0 Å². The monoisotopic (exact) mass is 337 g/mol. The van der Waals surface area contributed by atoms with Crippen LogP contribution in [0.1, 0.15) is 25.3 Å². The number of hydrogen-bond donors (Lipinski definition) is 0. The van der Waals surface area contributed by atoms with Crippen molar-refractivity contribution in [3.63, 3.8) is 0 Å². The molecule has 1 fully saturated rings. The molecule has 0 aliphatic carbocycles. The first-order valence-corrected chi connectivity index (χ1v) is 8.30. The molecule has 1 amide bonds. The number of carbonyl (C=O) groups is 1. The molecule has 0 spiro atoms. The van der Waals surface area contributed by atoms with E-state index in [9.17, 15) is 4.79 Å². The lowest BCUT2D eigenvalue weighted by atomic mass is 10.2. The Labute approximate surface area is 140 Å². The highest BCUT2D eigenvalue weighted by Gasteiger charge is 2.31. The minimum Gasteiger partial charge on any atom is -0.493 e. The summed E-state index contributed by atoms with van der Waals surface area (Å²) in [5, 5.41) is 0. The molecular weight excluding hydrogens is 318 g/mol. The topological polar surface area (TPSA) is 38.8 Å². The van der Waals surface area contributed by atoms with Gasteiger partial charge >= 0.3 is 0 Å². The lowest BCUT2D eigenvalue weighted by Gasteiger charge is -2.13. The number of ether oxygens (including phenoxy) is 2. The van der Waals surface area contributed by atoms with Crippen molar-refractivity contribution in [1.82, 2.24) is 4.90 Å². The average molecular weight is 337 g/mol. The summed E-state index contributed by atoms with van der Waals surface area (Å²) in [5.41, 5.74) is 0.883. The molecule has 0 radical (unpaired) electrons. The van der Waals surface area contributed by atoms with Gasteiger partial charge in [-0.15, -0.1) is 0 Å². The van der Waals surface area contributed by atoms with E-state index in [1.807, 2.05) is 24.3 Å². The van der Waals surface area contributed by atoms with Crippen LogP contribution >= 0.6 is 24.0 Å². The van der Waals surface area contributed by atoms with E-state index >= 15 is 0 Å².